The Morgan fingerprint density at radius 3 is 2.57 bits per heavy atom. The number of hydrogen-bond donors (Lipinski definition) is 1. The first-order valence-electron chi connectivity index (χ1n) is 6.76. The van der Waals surface area contributed by atoms with Crippen molar-refractivity contribution in [3.63, 3.8) is 0 Å². The number of benzene rings is 2. The summed E-state index contributed by atoms with van der Waals surface area (Å²) >= 11 is 13.2. The first-order valence-corrected chi connectivity index (χ1v) is 8.34. The molecule has 1 aliphatic rings. The Balaban J connectivity index is 1.70. The van der Waals surface area contributed by atoms with E-state index in [0.717, 1.165) is 17.0 Å². The van der Waals surface area contributed by atoms with Crippen LogP contribution in [-0.4, -0.2) is 6.04 Å². The maximum Gasteiger partial charge on any atom is 0.137 e. The van der Waals surface area contributed by atoms with Crippen LogP contribution in [0.25, 0.3) is 0 Å². The smallest absolute Gasteiger partial charge is 0.137 e. The van der Waals surface area contributed by atoms with Gasteiger partial charge in [0.15, 0.2) is 0 Å². The zero-order valence-corrected chi connectivity index (χ0v) is 13.5. The van der Waals surface area contributed by atoms with E-state index in [0.29, 0.717) is 21.0 Å². The molecule has 0 unspecified atom stereocenters. The van der Waals surface area contributed by atoms with E-state index in [-0.39, 0.29) is 5.82 Å². The molecule has 1 saturated carbocycles. The first-order chi connectivity index (χ1) is 10.1. The molecule has 21 heavy (non-hydrogen) atoms. The Morgan fingerprint density at radius 1 is 1.10 bits per heavy atom. The van der Waals surface area contributed by atoms with E-state index in [1.54, 1.807) is 18.2 Å². The summed E-state index contributed by atoms with van der Waals surface area (Å²) in [4.78, 5) is 1.45. The van der Waals surface area contributed by atoms with Crippen molar-refractivity contribution in [1.82, 2.24) is 5.32 Å². The van der Waals surface area contributed by atoms with E-state index in [1.807, 2.05) is 18.2 Å². The average molecular weight is 342 g/mol. The van der Waals surface area contributed by atoms with Crippen LogP contribution in [0, 0.1) is 5.82 Å². The summed E-state index contributed by atoms with van der Waals surface area (Å²) in [6, 6.07) is 11.3. The second-order valence-electron chi connectivity index (χ2n) is 5.10. The number of hydrogen-bond acceptors (Lipinski definition) is 2. The summed E-state index contributed by atoms with van der Waals surface area (Å²) in [5.74, 6) is -0.207. The minimum atomic E-state index is -0.207. The zero-order chi connectivity index (χ0) is 14.8. The Bertz CT molecular complexity index is 659. The summed E-state index contributed by atoms with van der Waals surface area (Å²) in [6.45, 7) is 0.722. The molecule has 1 fully saturated rings. The Kier molecular flexibility index (Phi) is 4.75. The first kappa shape index (κ1) is 15.2. The maximum atomic E-state index is 14.1. The number of rotatable bonds is 5. The van der Waals surface area contributed by atoms with Crippen molar-refractivity contribution in [2.75, 3.05) is 0 Å². The monoisotopic (exact) mass is 341 g/mol. The van der Waals surface area contributed by atoms with Crippen molar-refractivity contribution in [1.29, 1.82) is 0 Å². The van der Waals surface area contributed by atoms with Gasteiger partial charge in [-0.1, -0.05) is 41.0 Å². The van der Waals surface area contributed by atoms with Gasteiger partial charge in [-0.3, -0.25) is 0 Å². The molecule has 1 aliphatic carbocycles. The summed E-state index contributed by atoms with van der Waals surface area (Å²) < 4.78 is 14.1. The Hall–Kier alpha value is -0.740. The maximum absolute atomic E-state index is 14.1. The lowest BCUT2D eigenvalue weighted by Crippen LogP contribution is -2.15. The lowest BCUT2D eigenvalue weighted by Gasteiger charge is -2.07. The SMILES string of the molecule is Fc1cc(CNC2CC2)ccc1Sc1ccc(Cl)c(Cl)c1. The highest BCUT2D eigenvalue weighted by Gasteiger charge is 2.20. The van der Waals surface area contributed by atoms with Gasteiger partial charge in [-0.2, -0.15) is 0 Å². The van der Waals surface area contributed by atoms with Gasteiger partial charge in [0, 0.05) is 22.4 Å². The molecule has 0 aromatic heterocycles. The van der Waals surface area contributed by atoms with Crippen LogP contribution >= 0.6 is 35.0 Å². The fourth-order valence-electron chi connectivity index (χ4n) is 1.95. The van der Waals surface area contributed by atoms with E-state index < -0.39 is 0 Å². The van der Waals surface area contributed by atoms with Gasteiger partial charge in [-0.15, -0.1) is 0 Å². The van der Waals surface area contributed by atoms with Gasteiger partial charge in [0.1, 0.15) is 5.82 Å². The van der Waals surface area contributed by atoms with E-state index in [9.17, 15) is 4.39 Å². The Labute approximate surface area is 137 Å². The molecule has 0 aliphatic heterocycles. The quantitative estimate of drug-likeness (QED) is 0.766. The van der Waals surface area contributed by atoms with Gasteiger partial charge < -0.3 is 5.32 Å². The topological polar surface area (TPSA) is 12.0 Å². The molecule has 2 aromatic carbocycles. The minimum absolute atomic E-state index is 0.207. The second kappa shape index (κ2) is 6.57. The molecule has 1 nitrogen and oxygen atoms in total. The summed E-state index contributed by atoms with van der Waals surface area (Å²) in [5.41, 5.74) is 0.970. The summed E-state index contributed by atoms with van der Waals surface area (Å²) in [6.07, 6.45) is 2.46. The van der Waals surface area contributed by atoms with E-state index in [1.165, 1.54) is 24.6 Å². The standard InChI is InChI=1S/C16H14Cl2FNS/c17-13-5-4-12(8-14(13)18)21-16-6-1-10(7-15(16)19)9-20-11-2-3-11/h1,4-8,11,20H,2-3,9H2. The van der Waals surface area contributed by atoms with E-state index >= 15 is 0 Å². The molecule has 3 rings (SSSR count). The molecule has 2 aromatic rings. The third kappa shape index (κ3) is 4.13. The van der Waals surface area contributed by atoms with Gasteiger partial charge in [0.05, 0.1) is 10.0 Å². The highest BCUT2D eigenvalue weighted by Crippen LogP contribution is 2.34. The molecule has 0 saturated heterocycles. The van der Waals surface area contributed by atoms with Crippen LogP contribution in [0.5, 0.6) is 0 Å². The molecular formula is C16H14Cl2FNS. The van der Waals surface area contributed by atoms with Crippen molar-refractivity contribution in [3.05, 3.63) is 57.8 Å². The van der Waals surface area contributed by atoms with Crippen molar-refractivity contribution in [2.45, 2.75) is 35.2 Å². The molecule has 0 radical (unpaired) electrons. The number of nitrogens with one attached hydrogen (secondary N) is 1. The van der Waals surface area contributed by atoms with Crippen LogP contribution in [0.2, 0.25) is 10.0 Å². The summed E-state index contributed by atoms with van der Waals surface area (Å²) in [7, 11) is 0. The summed E-state index contributed by atoms with van der Waals surface area (Å²) in [5, 5.41) is 4.36. The molecule has 1 N–H and O–H groups in total. The lowest BCUT2D eigenvalue weighted by atomic mass is 10.2. The fraction of sp³-hybridized carbons (Fsp3) is 0.250. The van der Waals surface area contributed by atoms with Crippen LogP contribution in [0.3, 0.4) is 0 Å². The van der Waals surface area contributed by atoms with Gasteiger partial charge in [-0.05, 0) is 48.7 Å². The van der Waals surface area contributed by atoms with Crippen LogP contribution in [0.1, 0.15) is 18.4 Å². The normalized spacial score (nSPS) is 14.4. The van der Waals surface area contributed by atoms with Crippen molar-refractivity contribution in [3.8, 4) is 0 Å². The molecular weight excluding hydrogens is 328 g/mol. The van der Waals surface area contributed by atoms with Crippen molar-refractivity contribution >= 4 is 35.0 Å². The van der Waals surface area contributed by atoms with Crippen LogP contribution in [0.4, 0.5) is 4.39 Å². The molecule has 5 heteroatoms. The predicted molar refractivity (Wildman–Crippen MR) is 86.8 cm³/mol. The van der Waals surface area contributed by atoms with Gasteiger partial charge in [0.2, 0.25) is 0 Å². The fourth-order valence-corrected chi connectivity index (χ4v) is 3.18. The molecule has 110 valence electrons. The number of halogens is 3. The van der Waals surface area contributed by atoms with Gasteiger partial charge >= 0.3 is 0 Å². The third-order valence-corrected chi connectivity index (χ3v) is 5.07. The molecule has 0 bridgehead atoms. The zero-order valence-electron chi connectivity index (χ0n) is 11.2. The van der Waals surface area contributed by atoms with Crippen LogP contribution in [0.15, 0.2) is 46.2 Å². The molecule has 0 amide bonds. The Morgan fingerprint density at radius 2 is 1.90 bits per heavy atom. The van der Waals surface area contributed by atoms with E-state index in [4.69, 9.17) is 23.2 Å². The van der Waals surface area contributed by atoms with Gasteiger partial charge in [0.25, 0.3) is 0 Å². The molecule has 0 spiro atoms. The molecule has 0 atom stereocenters. The second-order valence-corrected chi connectivity index (χ2v) is 7.03. The average Bonchev–Trinajstić information content (AvgIpc) is 3.27. The third-order valence-electron chi connectivity index (χ3n) is 3.29. The lowest BCUT2D eigenvalue weighted by molar-refractivity contribution is 0.595. The van der Waals surface area contributed by atoms with E-state index in [2.05, 4.69) is 5.32 Å². The van der Waals surface area contributed by atoms with Gasteiger partial charge in [-0.25, -0.2) is 4.39 Å². The highest BCUT2D eigenvalue weighted by molar-refractivity contribution is 7.99. The van der Waals surface area contributed by atoms with Crippen LogP contribution in [-0.2, 0) is 6.54 Å². The van der Waals surface area contributed by atoms with Crippen molar-refractivity contribution in [2.24, 2.45) is 0 Å². The largest absolute Gasteiger partial charge is 0.310 e. The predicted octanol–water partition coefficient (Wildman–Crippen LogP) is 5.54. The minimum Gasteiger partial charge on any atom is -0.310 e. The van der Waals surface area contributed by atoms with Crippen LogP contribution < -0.4 is 5.32 Å². The van der Waals surface area contributed by atoms with Crippen molar-refractivity contribution < 1.29 is 4.39 Å². The highest BCUT2D eigenvalue weighted by atomic mass is 35.5. The molecule has 0 heterocycles.